The van der Waals surface area contributed by atoms with Crippen molar-refractivity contribution >= 4 is 5.82 Å². The number of anilines is 1. The molecule has 0 radical (unpaired) electrons. The van der Waals surface area contributed by atoms with Gasteiger partial charge in [0.25, 0.3) is 0 Å². The molecule has 0 amide bonds. The lowest BCUT2D eigenvalue weighted by Crippen LogP contribution is -2.42. The van der Waals surface area contributed by atoms with Crippen LogP contribution in [0.15, 0.2) is 12.3 Å². The van der Waals surface area contributed by atoms with Crippen LogP contribution in [-0.4, -0.2) is 49.5 Å². The zero-order valence-corrected chi connectivity index (χ0v) is 13.1. The second-order valence-electron chi connectivity index (χ2n) is 5.66. The third-order valence-corrected chi connectivity index (χ3v) is 4.05. The van der Waals surface area contributed by atoms with E-state index < -0.39 is 0 Å². The van der Waals surface area contributed by atoms with Crippen molar-refractivity contribution in [1.82, 2.24) is 10.3 Å². The Morgan fingerprint density at radius 3 is 2.86 bits per heavy atom. The summed E-state index contributed by atoms with van der Waals surface area (Å²) in [5, 5.41) is 12.6. The molecule has 118 valence electrons. The highest BCUT2D eigenvalue weighted by Gasteiger charge is 2.26. The molecule has 0 bridgehead atoms. The zero-order valence-electron chi connectivity index (χ0n) is 13.1. The van der Waals surface area contributed by atoms with Crippen molar-refractivity contribution in [3.63, 3.8) is 0 Å². The summed E-state index contributed by atoms with van der Waals surface area (Å²) in [6.45, 7) is 5.32. The Labute approximate surface area is 127 Å². The molecule has 1 aromatic heterocycles. The molecule has 1 aromatic rings. The number of aromatic nitrogens is 1. The summed E-state index contributed by atoms with van der Waals surface area (Å²) in [6.07, 6.45) is 5.64. The van der Waals surface area contributed by atoms with Gasteiger partial charge in [-0.25, -0.2) is 4.98 Å². The third kappa shape index (κ3) is 4.40. The molecule has 0 aliphatic heterocycles. The van der Waals surface area contributed by atoms with Gasteiger partial charge >= 0.3 is 0 Å². The highest BCUT2D eigenvalue weighted by atomic mass is 16.5. The Morgan fingerprint density at radius 1 is 1.48 bits per heavy atom. The van der Waals surface area contributed by atoms with E-state index in [0.29, 0.717) is 12.6 Å². The number of aliphatic hydroxyl groups excluding tert-OH is 1. The van der Waals surface area contributed by atoms with Gasteiger partial charge in [-0.1, -0.05) is 0 Å². The predicted molar refractivity (Wildman–Crippen MR) is 84.6 cm³/mol. The molecule has 0 spiro atoms. The van der Waals surface area contributed by atoms with E-state index in [4.69, 9.17) is 4.74 Å². The van der Waals surface area contributed by atoms with E-state index in [9.17, 15) is 5.11 Å². The Bertz CT molecular complexity index is 436. The van der Waals surface area contributed by atoms with Crippen molar-refractivity contribution in [3.8, 4) is 0 Å². The third-order valence-electron chi connectivity index (χ3n) is 4.05. The summed E-state index contributed by atoms with van der Waals surface area (Å²) < 4.78 is 5.02. The number of hydrogen-bond donors (Lipinski definition) is 2. The van der Waals surface area contributed by atoms with Gasteiger partial charge in [0.15, 0.2) is 0 Å². The van der Waals surface area contributed by atoms with Crippen LogP contribution in [0.4, 0.5) is 5.82 Å². The predicted octanol–water partition coefficient (Wildman–Crippen LogP) is 1.48. The molecule has 5 heteroatoms. The molecule has 5 nitrogen and oxygen atoms in total. The topological polar surface area (TPSA) is 57.6 Å². The number of nitrogens with one attached hydrogen (secondary N) is 1. The minimum atomic E-state index is 0.179. The molecule has 0 saturated heterocycles. The Morgan fingerprint density at radius 2 is 2.29 bits per heavy atom. The van der Waals surface area contributed by atoms with Gasteiger partial charge in [0, 0.05) is 39.0 Å². The van der Waals surface area contributed by atoms with Crippen LogP contribution in [0, 0.1) is 6.92 Å². The Hall–Kier alpha value is -1.17. The van der Waals surface area contributed by atoms with Crippen molar-refractivity contribution in [2.45, 2.75) is 38.8 Å². The molecule has 2 rings (SSSR count). The van der Waals surface area contributed by atoms with Crippen LogP contribution >= 0.6 is 0 Å². The van der Waals surface area contributed by atoms with E-state index in [0.717, 1.165) is 25.5 Å². The van der Waals surface area contributed by atoms with Gasteiger partial charge < -0.3 is 20.1 Å². The van der Waals surface area contributed by atoms with Crippen LogP contribution in [0.25, 0.3) is 0 Å². The summed E-state index contributed by atoms with van der Waals surface area (Å²) in [7, 11) is 1.71. The number of pyridine rings is 1. The molecule has 1 saturated carbocycles. The van der Waals surface area contributed by atoms with Crippen LogP contribution in [0.3, 0.4) is 0 Å². The molecule has 2 N–H and O–H groups in total. The van der Waals surface area contributed by atoms with Gasteiger partial charge in [0.05, 0.1) is 13.2 Å². The van der Waals surface area contributed by atoms with E-state index in [1.165, 1.54) is 30.4 Å². The molecule has 1 aliphatic carbocycles. The van der Waals surface area contributed by atoms with Crippen molar-refractivity contribution in [2.75, 3.05) is 38.3 Å². The molecule has 1 aliphatic rings. The van der Waals surface area contributed by atoms with Crippen LogP contribution in [0.1, 0.15) is 30.4 Å². The van der Waals surface area contributed by atoms with Gasteiger partial charge in [-0.05, 0) is 43.4 Å². The highest BCUT2D eigenvalue weighted by Crippen LogP contribution is 2.30. The summed E-state index contributed by atoms with van der Waals surface area (Å²) in [6, 6.07) is 2.74. The number of aryl methyl sites for hydroxylation is 1. The van der Waals surface area contributed by atoms with Crippen LogP contribution in [0.5, 0.6) is 0 Å². The molecule has 21 heavy (non-hydrogen) atoms. The fraction of sp³-hybridized carbons (Fsp3) is 0.688. The number of hydrogen-bond acceptors (Lipinski definition) is 5. The van der Waals surface area contributed by atoms with Gasteiger partial charge in [0.2, 0.25) is 0 Å². The zero-order chi connectivity index (χ0) is 15.1. The minimum absolute atomic E-state index is 0.179. The summed E-state index contributed by atoms with van der Waals surface area (Å²) >= 11 is 0. The van der Waals surface area contributed by atoms with Crippen LogP contribution in [0.2, 0.25) is 0 Å². The fourth-order valence-corrected chi connectivity index (χ4v) is 2.70. The van der Waals surface area contributed by atoms with Gasteiger partial charge in [-0.3, -0.25) is 0 Å². The lowest BCUT2D eigenvalue weighted by molar-refractivity contribution is 0.199. The standard InChI is InChI=1S/C16H27N3O2/c1-13-10-14(11-17-6-9-21-2)12-18-16(13)19(7-8-20)15-4-3-5-15/h10,12,15,17,20H,3-9,11H2,1-2H3. The fourth-order valence-electron chi connectivity index (χ4n) is 2.70. The number of rotatable bonds is 9. The maximum absolute atomic E-state index is 9.29. The number of nitrogens with zero attached hydrogens (tertiary/aromatic N) is 2. The van der Waals surface area contributed by atoms with Gasteiger partial charge in [0.1, 0.15) is 5.82 Å². The van der Waals surface area contributed by atoms with E-state index in [1.54, 1.807) is 7.11 Å². The lowest BCUT2D eigenvalue weighted by Gasteiger charge is -2.38. The van der Waals surface area contributed by atoms with Gasteiger partial charge in [-0.15, -0.1) is 0 Å². The van der Waals surface area contributed by atoms with E-state index in [2.05, 4.69) is 28.2 Å². The molecule has 0 atom stereocenters. The average molecular weight is 293 g/mol. The molecule has 0 unspecified atom stereocenters. The van der Waals surface area contributed by atoms with Crippen molar-refractivity contribution < 1.29 is 9.84 Å². The maximum atomic E-state index is 9.29. The second kappa shape index (κ2) is 8.32. The molecular weight excluding hydrogens is 266 g/mol. The number of methoxy groups -OCH3 is 1. The number of aliphatic hydroxyl groups is 1. The maximum Gasteiger partial charge on any atom is 0.131 e. The minimum Gasteiger partial charge on any atom is -0.395 e. The van der Waals surface area contributed by atoms with E-state index >= 15 is 0 Å². The number of ether oxygens (including phenoxy) is 1. The first-order chi connectivity index (χ1) is 10.3. The van der Waals surface area contributed by atoms with Crippen LogP contribution in [-0.2, 0) is 11.3 Å². The Balaban J connectivity index is 1.99. The van der Waals surface area contributed by atoms with Gasteiger partial charge in [-0.2, -0.15) is 0 Å². The average Bonchev–Trinajstić information content (AvgIpc) is 2.41. The first kappa shape index (κ1) is 16.2. The summed E-state index contributed by atoms with van der Waals surface area (Å²) in [5.74, 6) is 1.02. The van der Waals surface area contributed by atoms with Crippen molar-refractivity contribution in [1.29, 1.82) is 0 Å². The lowest BCUT2D eigenvalue weighted by atomic mass is 9.91. The molecular formula is C16H27N3O2. The SMILES string of the molecule is COCCNCc1cnc(N(CCO)C2CCC2)c(C)c1. The van der Waals surface area contributed by atoms with Crippen molar-refractivity contribution in [3.05, 3.63) is 23.4 Å². The summed E-state index contributed by atoms with van der Waals surface area (Å²) in [4.78, 5) is 6.91. The van der Waals surface area contributed by atoms with E-state index in [1.807, 2.05) is 6.20 Å². The molecule has 1 heterocycles. The van der Waals surface area contributed by atoms with Crippen LogP contribution < -0.4 is 10.2 Å². The summed E-state index contributed by atoms with van der Waals surface area (Å²) in [5.41, 5.74) is 2.37. The smallest absolute Gasteiger partial charge is 0.131 e. The molecule has 0 aromatic carbocycles. The van der Waals surface area contributed by atoms with Crippen molar-refractivity contribution in [2.24, 2.45) is 0 Å². The quantitative estimate of drug-likeness (QED) is 0.675. The first-order valence-corrected chi connectivity index (χ1v) is 7.79. The second-order valence-corrected chi connectivity index (χ2v) is 5.66. The molecule has 1 fully saturated rings. The highest BCUT2D eigenvalue weighted by molar-refractivity contribution is 5.48. The largest absolute Gasteiger partial charge is 0.395 e. The first-order valence-electron chi connectivity index (χ1n) is 7.79. The van der Waals surface area contributed by atoms with E-state index in [-0.39, 0.29) is 6.61 Å². The Kier molecular flexibility index (Phi) is 6.42. The monoisotopic (exact) mass is 293 g/mol. The normalized spacial score (nSPS) is 15.0.